The molecule has 0 saturated heterocycles. The molecule has 0 aliphatic rings. The predicted molar refractivity (Wildman–Crippen MR) is 81.8 cm³/mol. The molecule has 2 atom stereocenters. The number of carbonyl (C=O) groups excluding carboxylic acids is 1. The van der Waals surface area contributed by atoms with Crippen molar-refractivity contribution in [3.63, 3.8) is 0 Å². The summed E-state index contributed by atoms with van der Waals surface area (Å²) in [5, 5.41) is 3.08. The number of rotatable bonds is 8. The van der Waals surface area contributed by atoms with Crippen LogP contribution in [-0.4, -0.2) is 30.0 Å². The molecule has 4 heteroatoms. The average Bonchev–Trinajstić information content (AvgIpc) is 2.24. The van der Waals surface area contributed by atoms with E-state index in [1.54, 1.807) is 0 Å². The van der Waals surface area contributed by atoms with Gasteiger partial charge in [0.1, 0.15) is 0 Å². The highest BCUT2D eigenvalue weighted by Gasteiger charge is 2.24. The van der Waals surface area contributed by atoms with E-state index in [4.69, 9.17) is 5.73 Å². The molecular weight excluding hydrogens is 244 g/mol. The standard InChI is InChI=1S/C14H30N2OS/c1-6-18-8-7-11(2)16-13(17)12(10-15)9-14(3,4)5/h11-12H,6-10,15H2,1-5H3,(H,16,17). The molecular formula is C14H30N2OS. The molecule has 0 heterocycles. The third kappa shape index (κ3) is 8.81. The second-order valence-electron chi connectivity index (χ2n) is 6.09. The maximum atomic E-state index is 12.1. The fourth-order valence-electron chi connectivity index (χ4n) is 1.86. The van der Waals surface area contributed by atoms with Crippen LogP contribution >= 0.6 is 11.8 Å². The quantitative estimate of drug-likeness (QED) is 0.669. The van der Waals surface area contributed by atoms with Gasteiger partial charge in [-0.15, -0.1) is 0 Å². The van der Waals surface area contributed by atoms with Crippen LogP contribution in [0.3, 0.4) is 0 Å². The molecule has 18 heavy (non-hydrogen) atoms. The molecule has 0 aliphatic heterocycles. The zero-order valence-electron chi connectivity index (χ0n) is 12.6. The van der Waals surface area contributed by atoms with Crippen molar-refractivity contribution in [3.8, 4) is 0 Å². The van der Waals surface area contributed by atoms with Gasteiger partial charge in [-0.1, -0.05) is 27.7 Å². The van der Waals surface area contributed by atoms with E-state index in [1.807, 2.05) is 11.8 Å². The summed E-state index contributed by atoms with van der Waals surface area (Å²) in [6.07, 6.45) is 1.86. The first-order valence-electron chi connectivity index (χ1n) is 6.88. The lowest BCUT2D eigenvalue weighted by Gasteiger charge is -2.25. The van der Waals surface area contributed by atoms with E-state index in [9.17, 15) is 4.79 Å². The van der Waals surface area contributed by atoms with Gasteiger partial charge in [0.25, 0.3) is 0 Å². The summed E-state index contributed by atoms with van der Waals surface area (Å²) in [5.41, 5.74) is 5.85. The molecule has 0 rings (SSSR count). The van der Waals surface area contributed by atoms with E-state index in [2.05, 4.69) is 39.9 Å². The Morgan fingerprint density at radius 3 is 2.44 bits per heavy atom. The minimum Gasteiger partial charge on any atom is -0.353 e. The molecule has 108 valence electrons. The van der Waals surface area contributed by atoms with Crippen LogP contribution in [0.15, 0.2) is 0 Å². The topological polar surface area (TPSA) is 55.1 Å². The van der Waals surface area contributed by atoms with Gasteiger partial charge in [0.2, 0.25) is 5.91 Å². The van der Waals surface area contributed by atoms with Crippen molar-refractivity contribution in [2.24, 2.45) is 17.1 Å². The first kappa shape index (κ1) is 17.8. The van der Waals surface area contributed by atoms with Gasteiger partial charge < -0.3 is 11.1 Å². The van der Waals surface area contributed by atoms with Crippen molar-refractivity contribution < 1.29 is 4.79 Å². The molecule has 0 radical (unpaired) electrons. The number of thioether (sulfide) groups is 1. The summed E-state index contributed by atoms with van der Waals surface area (Å²) >= 11 is 1.91. The predicted octanol–water partition coefficient (Wildman–Crippen LogP) is 2.65. The maximum Gasteiger partial charge on any atom is 0.224 e. The Kier molecular flexibility index (Phi) is 8.70. The Hall–Kier alpha value is -0.220. The van der Waals surface area contributed by atoms with Crippen molar-refractivity contribution in [2.45, 2.75) is 53.5 Å². The third-order valence-corrected chi connectivity index (χ3v) is 3.73. The van der Waals surface area contributed by atoms with E-state index >= 15 is 0 Å². The average molecular weight is 274 g/mol. The lowest BCUT2D eigenvalue weighted by molar-refractivity contribution is -0.126. The molecule has 0 bridgehead atoms. The number of hydrogen-bond donors (Lipinski definition) is 2. The normalized spacial score (nSPS) is 15.2. The van der Waals surface area contributed by atoms with Gasteiger partial charge in [0.15, 0.2) is 0 Å². The van der Waals surface area contributed by atoms with E-state index in [1.165, 1.54) is 0 Å². The summed E-state index contributed by atoms with van der Waals surface area (Å²) in [6.45, 7) is 11.1. The van der Waals surface area contributed by atoms with Crippen molar-refractivity contribution in [1.29, 1.82) is 0 Å². The largest absolute Gasteiger partial charge is 0.353 e. The Labute approximate surface area is 117 Å². The minimum absolute atomic E-state index is 0.0636. The van der Waals surface area contributed by atoms with Crippen LogP contribution in [-0.2, 0) is 4.79 Å². The zero-order chi connectivity index (χ0) is 14.2. The lowest BCUT2D eigenvalue weighted by atomic mass is 9.84. The maximum absolute atomic E-state index is 12.1. The van der Waals surface area contributed by atoms with Crippen LogP contribution in [0.2, 0.25) is 0 Å². The molecule has 3 nitrogen and oxygen atoms in total. The van der Waals surface area contributed by atoms with Crippen LogP contribution in [0.4, 0.5) is 0 Å². The fourth-order valence-corrected chi connectivity index (χ4v) is 2.67. The Balaban J connectivity index is 4.10. The SMILES string of the molecule is CCSCCC(C)NC(=O)C(CN)CC(C)(C)C. The first-order valence-corrected chi connectivity index (χ1v) is 8.03. The molecule has 0 fully saturated rings. The van der Waals surface area contributed by atoms with Gasteiger partial charge in [-0.05, 0) is 36.7 Å². The Morgan fingerprint density at radius 1 is 1.39 bits per heavy atom. The number of carbonyl (C=O) groups is 1. The zero-order valence-corrected chi connectivity index (χ0v) is 13.4. The van der Waals surface area contributed by atoms with Gasteiger partial charge in [0.05, 0.1) is 5.92 Å². The second-order valence-corrected chi connectivity index (χ2v) is 7.49. The number of nitrogens with one attached hydrogen (secondary N) is 1. The van der Waals surface area contributed by atoms with Crippen molar-refractivity contribution in [1.82, 2.24) is 5.32 Å². The summed E-state index contributed by atoms with van der Waals surface area (Å²) in [5.74, 6) is 2.29. The Morgan fingerprint density at radius 2 is 2.00 bits per heavy atom. The molecule has 0 spiro atoms. The van der Waals surface area contributed by atoms with E-state index in [0.29, 0.717) is 6.54 Å². The number of amides is 1. The molecule has 1 amide bonds. The second kappa shape index (κ2) is 8.81. The highest BCUT2D eigenvalue weighted by molar-refractivity contribution is 7.99. The number of hydrogen-bond acceptors (Lipinski definition) is 3. The van der Waals surface area contributed by atoms with E-state index in [0.717, 1.165) is 24.3 Å². The first-order chi connectivity index (χ1) is 8.30. The fraction of sp³-hybridized carbons (Fsp3) is 0.929. The molecule has 0 aromatic rings. The highest BCUT2D eigenvalue weighted by Crippen LogP contribution is 2.24. The van der Waals surface area contributed by atoms with Crippen molar-refractivity contribution in [3.05, 3.63) is 0 Å². The molecule has 0 aromatic carbocycles. The van der Waals surface area contributed by atoms with Crippen LogP contribution in [0, 0.1) is 11.3 Å². The highest BCUT2D eigenvalue weighted by atomic mass is 32.2. The summed E-state index contributed by atoms with van der Waals surface area (Å²) in [7, 11) is 0. The summed E-state index contributed by atoms with van der Waals surface area (Å²) < 4.78 is 0. The van der Waals surface area contributed by atoms with E-state index in [-0.39, 0.29) is 23.3 Å². The summed E-state index contributed by atoms with van der Waals surface area (Å²) in [4.78, 5) is 12.1. The molecule has 0 aromatic heterocycles. The minimum atomic E-state index is -0.0636. The van der Waals surface area contributed by atoms with E-state index < -0.39 is 0 Å². The van der Waals surface area contributed by atoms with Crippen molar-refractivity contribution in [2.75, 3.05) is 18.1 Å². The van der Waals surface area contributed by atoms with Crippen molar-refractivity contribution >= 4 is 17.7 Å². The van der Waals surface area contributed by atoms with Gasteiger partial charge in [-0.25, -0.2) is 0 Å². The van der Waals surface area contributed by atoms with Crippen LogP contribution in [0.5, 0.6) is 0 Å². The molecule has 0 aliphatic carbocycles. The Bertz CT molecular complexity index is 238. The van der Waals surface area contributed by atoms with Gasteiger partial charge in [0, 0.05) is 12.6 Å². The third-order valence-electron chi connectivity index (χ3n) is 2.80. The monoisotopic (exact) mass is 274 g/mol. The van der Waals surface area contributed by atoms with Crippen LogP contribution < -0.4 is 11.1 Å². The van der Waals surface area contributed by atoms with Gasteiger partial charge >= 0.3 is 0 Å². The smallest absolute Gasteiger partial charge is 0.224 e. The van der Waals surface area contributed by atoms with Gasteiger partial charge in [-0.3, -0.25) is 4.79 Å². The van der Waals surface area contributed by atoms with Crippen LogP contribution in [0.1, 0.15) is 47.5 Å². The van der Waals surface area contributed by atoms with Crippen LogP contribution in [0.25, 0.3) is 0 Å². The summed E-state index contributed by atoms with van der Waals surface area (Å²) in [6, 6.07) is 0.241. The molecule has 2 unspecified atom stereocenters. The molecule has 0 saturated carbocycles. The lowest BCUT2D eigenvalue weighted by Crippen LogP contribution is -2.41. The number of nitrogens with two attached hydrogens (primary N) is 1. The molecule has 3 N–H and O–H groups in total. The van der Waals surface area contributed by atoms with Gasteiger partial charge in [-0.2, -0.15) is 11.8 Å².